The second kappa shape index (κ2) is 6.24. The van der Waals surface area contributed by atoms with Gasteiger partial charge in [-0.05, 0) is 37.9 Å². The van der Waals surface area contributed by atoms with Crippen LogP contribution in [0.25, 0.3) is 0 Å². The molecular weight excluding hydrogens is 268 g/mol. The zero-order valence-electron chi connectivity index (χ0n) is 10.5. The van der Waals surface area contributed by atoms with E-state index in [1.165, 1.54) is 0 Å². The SMILES string of the molecule is CCNC1(CO)CCC(Sc2ncccc2Cl)C1. The zero-order chi connectivity index (χ0) is 13.0. The van der Waals surface area contributed by atoms with E-state index in [2.05, 4.69) is 17.2 Å². The lowest BCUT2D eigenvalue weighted by Crippen LogP contribution is -2.46. The molecule has 2 unspecified atom stereocenters. The molecule has 100 valence electrons. The van der Waals surface area contributed by atoms with Crippen molar-refractivity contribution in [2.24, 2.45) is 0 Å². The average Bonchev–Trinajstić information content (AvgIpc) is 2.77. The first-order chi connectivity index (χ1) is 8.69. The first kappa shape index (κ1) is 14.1. The van der Waals surface area contributed by atoms with Gasteiger partial charge in [-0.2, -0.15) is 0 Å². The number of pyridine rings is 1. The number of likely N-dealkylation sites (N-methyl/N-ethyl adjacent to an activating group) is 1. The summed E-state index contributed by atoms with van der Waals surface area (Å²) in [6, 6.07) is 3.72. The Morgan fingerprint density at radius 1 is 1.67 bits per heavy atom. The predicted molar refractivity (Wildman–Crippen MR) is 76.2 cm³/mol. The molecule has 1 aromatic heterocycles. The van der Waals surface area contributed by atoms with Crippen LogP contribution in [0.5, 0.6) is 0 Å². The number of aromatic nitrogens is 1. The molecule has 0 saturated heterocycles. The molecule has 1 aromatic rings. The fourth-order valence-corrected chi connectivity index (χ4v) is 4.04. The van der Waals surface area contributed by atoms with Gasteiger partial charge in [0.15, 0.2) is 0 Å². The molecule has 0 bridgehead atoms. The molecule has 0 amide bonds. The van der Waals surface area contributed by atoms with Crippen LogP contribution in [0, 0.1) is 0 Å². The third-order valence-corrected chi connectivity index (χ3v) is 5.12. The van der Waals surface area contributed by atoms with Gasteiger partial charge in [0, 0.05) is 17.0 Å². The molecule has 1 saturated carbocycles. The third-order valence-electron chi connectivity index (χ3n) is 3.42. The Morgan fingerprint density at radius 3 is 3.17 bits per heavy atom. The van der Waals surface area contributed by atoms with E-state index in [4.69, 9.17) is 11.6 Å². The van der Waals surface area contributed by atoms with Gasteiger partial charge in [-0.3, -0.25) is 0 Å². The molecule has 0 aromatic carbocycles. The minimum absolute atomic E-state index is 0.103. The molecule has 2 N–H and O–H groups in total. The van der Waals surface area contributed by atoms with Crippen LogP contribution in [0.15, 0.2) is 23.4 Å². The van der Waals surface area contributed by atoms with Crippen LogP contribution >= 0.6 is 23.4 Å². The van der Waals surface area contributed by atoms with E-state index in [-0.39, 0.29) is 12.1 Å². The number of hydrogen-bond acceptors (Lipinski definition) is 4. The Labute approximate surface area is 117 Å². The van der Waals surface area contributed by atoms with Crippen LogP contribution in [-0.4, -0.2) is 34.0 Å². The van der Waals surface area contributed by atoms with Gasteiger partial charge in [0.2, 0.25) is 0 Å². The highest BCUT2D eigenvalue weighted by atomic mass is 35.5. The maximum absolute atomic E-state index is 9.57. The topological polar surface area (TPSA) is 45.1 Å². The van der Waals surface area contributed by atoms with Crippen LogP contribution in [0.3, 0.4) is 0 Å². The van der Waals surface area contributed by atoms with Gasteiger partial charge in [0.1, 0.15) is 5.03 Å². The van der Waals surface area contributed by atoms with Crippen LogP contribution in [-0.2, 0) is 0 Å². The number of rotatable bonds is 5. The molecule has 3 nitrogen and oxygen atoms in total. The molecule has 1 heterocycles. The Morgan fingerprint density at radius 2 is 2.50 bits per heavy atom. The molecule has 18 heavy (non-hydrogen) atoms. The average molecular weight is 287 g/mol. The Balaban J connectivity index is 1.99. The molecule has 0 spiro atoms. The molecule has 1 aliphatic carbocycles. The van der Waals surface area contributed by atoms with Crippen molar-refractivity contribution in [1.29, 1.82) is 0 Å². The van der Waals surface area contributed by atoms with Gasteiger partial charge >= 0.3 is 0 Å². The Kier molecular flexibility index (Phi) is 4.90. The van der Waals surface area contributed by atoms with Crippen molar-refractivity contribution in [2.75, 3.05) is 13.2 Å². The van der Waals surface area contributed by atoms with Crippen molar-refractivity contribution >= 4 is 23.4 Å². The first-order valence-electron chi connectivity index (χ1n) is 6.32. The summed E-state index contributed by atoms with van der Waals surface area (Å²) in [5, 5.41) is 15.1. The summed E-state index contributed by atoms with van der Waals surface area (Å²) in [7, 11) is 0. The molecule has 2 rings (SSSR count). The summed E-state index contributed by atoms with van der Waals surface area (Å²) in [5.41, 5.74) is -0.103. The van der Waals surface area contributed by atoms with E-state index in [0.717, 1.165) is 30.8 Å². The van der Waals surface area contributed by atoms with Gasteiger partial charge in [-0.25, -0.2) is 4.98 Å². The summed E-state index contributed by atoms with van der Waals surface area (Å²) in [4.78, 5) is 4.31. The quantitative estimate of drug-likeness (QED) is 0.874. The largest absolute Gasteiger partial charge is 0.394 e. The molecule has 0 aliphatic heterocycles. The summed E-state index contributed by atoms with van der Waals surface area (Å²) in [6.45, 7) is 3.17. The number of aliphatic hydroxyl groups excluding tert-OH is 1. The predicted octanol–water partition coefficient (Wildman–Crippen LogP) is 2.72. The molecule has 0 radical (unpaired) electrons. The van der Waals surface area contributed by atoms with Crippen LogP contribution < -0.4 is 5.32 Å². The van der Waals surface area contributed by atoms with Gasteiger partial charge < -0.3 is 10.4 Å². The maximum Gasteiger partial charge on any atom is 0.115 e. The number of hydrogen-bond donors (Lipinski definition) is 2. The number of aliphatic hydroxyl groups is 1. The highest BCUT2D eigenvalue weighted by Gasteiger charge is 2.38. The second-order valence-electron chi connectivity index (χ2n) is 4.74. The van der Waals surface area contributed by atoms with E-state index in [1.807, 2.05) is 12.1 Å². The summed E-state index contributed by atoms with van der Waals surface area (Å²) in [6.07, 6.45) is 4.84. The highest BCUT2D eigenvalue weighted by Crippen LogP contribution is 2.41. The fourth-order valence-electron chi connectivity index (χ4n) is 2.53. The lowest BCUT2D eigenvalue weighted by molar-refractivity contribution is 0.167. The summed E-state index contributed by atoms with van der Waals surface area (Å²) < 4.78 is 0. The van der Waals surface area contributed by atoms with Gasteiger partial charge in [-0.1, -0.05) is 18.5 Å². The van der Waals surface area contributed by atoms with Gasteiger partial charge in [0.25, 0.3) is 0 Å². The van der Waals surface area contributed by atoms with Crippen molar-refractivity contribution in [2.45, 2.75) is 42.0 Å². The van der Waals surface area contributed by atoms with Crippen molar-refractivity contribution in [3.63, 3.8) is 0 Å². The van der Waals surface area contributed by atoms with E-state index >= 15 is 0 Å². The maximum atomic E-state index is 9.57. The monoisotopic (exact) mass is 286 g/mol. The normalized spacial score (nSPS) is 27.6. The highest BCUT2D eigenvalue weighted by molar-refractivity contribution is 8.00. The lowest BCUT2D eigenvalue weighted by Gasteiger charge is -2.27. The smallest absolute Gasteiger partial charge is 0.115 e. The molecular formula is C13H19ClN2OS. The van der Waals surface area contributed by atoms with E-state index in [0.29, 0.717) is 10.3 Å². The molecule has 5 heteroatoms. The molecule has 2 atom stereocenters. The summed E-state index contributed by atoms with van der Waals surface area (Å²) in [5.74, 6) is 0. The van der Waals surface area contributed by atoms with Crippen molar-refractivity contribution in [3.05, 3.63) is 23.4 Å². The number of halogens is 1. The zero-order valence-corrected chi connectivity index (χ0v) is 12.1. The van der Waals surface area contributed by atoms with E-state index in [1.54, 1.807) is 18.0 Å². The molecule has 1 aliphatic rings. The van der Waals surface area contributed by atoms with Crippen LogP contribution in [0.1, 0.15) is 26.2 Å². The third kappa shape index (κ3) is 3.18. The Hall–Kier alpha value is -0.290. The number of nitrogens with zero attached hydrogens (tertiary/aromatic N) is 1. The van der Waals surface area contributed by atoms with Crippen LogP contribution in [0.4, 0.5) is 0 Å². The van der Waals surface area contributed by atoms with Crippen LogP contribution in [0.2, 0.25) is 5.02 Å². The second-order valence-corrected chi connectivity index (χ2v) is 6.44. The van der Waals surface area contributed by atoms with Gasteiger partial charge in [-0.15, -0.1) is 11.8 Å². The van der Waals surface area contributed by atoms with Crippen molar-refractivity contribution in [3.8, 4) is 0 Å². The van der Waals surface area contributed by atoms with Crippen molar-refractivity contribution < 1.29 is 5.11 Å². The number of thioether (sulfide) groups is 1. The van der Waals surface area contributed by atoms with Crippen molar-refractivity contribution in [1.82, 2.24) is 10.3 Å². The minimum atomic E-state index is -0.103. The minimum Gasteiger partial charge on any atom is -0.394 e. The fraction of sp³-hybridized carbons (Fsp3) is 0.615. The van der Waals surface area contributed by atoms with E-state index < -0.39 is 0 Å². The standard InChI is InChI=1S/C13H19ClN2OS/c1-2-16-13(9-17)6-5-10(8-13)18-12-11(14)4-3-7-15-12/h3-4,7,10,16-17H,2,5-6,8-9H2,1H3. The van der Waals surface area contributed by atoms with E-state index in [9.17, 15) is 5.11 Å². The Bertz CT molecular complexity index is 404. The summed E-state index contributed by atoms with van der Waals surface area (Å²) >= 11 is 7.85. The number of nitrogens with one attached hydrogen (secondary N) is 1. The first-order valence-corrected chi connectivity index (χ1v) is 7.58. The molecule has 1 fully saturated rings. The lowest BCUT2D eigenvalue weighted by atomic mass is 9.99. The van der Waals surface area contributed by atoms with Gasteiger partial charge in [0.05, 0.1) is 11.6 Å².